The summed E-state index contributed by atoms with van der Waals surface area (Å²) in [6.07, 6.45) is 3.93. The van der Waals surface area contributed by atoms with Gasteiger partial charge in [-0.2, -0.15) is 0 Å². The molecule has 0 aliphatic rings. The third kappa shape index (κ3) is 2.88. The summed E-state index contributed by atoms with van der Waals surface area (Å²) in [7, 11) is 0. The fourth-order valence-corrected chi connectivity index (χ4v) is 2.76. The van der Waals surface area contributed by atoms with Crippen molar-refractivity contribution in [2.75, 3.05) is 0 Å². The monoisotopic (exact) mass is 309 g/mol. The van der Waals surface area contributed by atoms with Crippen LogP contribution in [0.25, 0.3) is 11.1 Å². The summed E-state index contributed by atoms with van der Waals surface area (Å²) in [5.41, 5.74) is 3.41. The van der Waals surface area contributed by atoms with Gasteiger partial charge in [0.2, 0.25) is 0 Å². The van der Waals surface area contributed by atoms with Crippen LogP contribution in [0.2, 0.25) is 5.15 Å². The van der Waals surface area contributed by atoms with Crippen molar-refractivity contribution < 1.29 is 0 Å². The highest BCUT2D eigenvalue weighted by Gasteiger charge is 2.09. The number of aryl methyl sites for hydroxylation is 1. The Morgan fingerprint density at radius 3 is 2.82 bits per heavy atom. The van der Waals surface area contributed by atoms with Gasteiger partial charge in [0.05, 0.1) is 0 Å². The fraction of sp³-hybridized carbons (Fsp3) is 0.214. The summed E-state index contributed by atoms with van der Waals surface area (Å²) < 4.78 is 0.978. The van der Waals surface area contributed by atoms with Crippen LogP contribution in [0.15, 0.2) is 41.0 Å². The number of aromatic nitrogens is 1. The molecule has 0 radical (unpaired) electrons. The molecule has 2 rings (SSSR count). The molecule has 1 aromatic heterocycles. The van der Waals surface area contributed by atoms with Gasteiger partial charge in [0.1, 0.15) is 5.15 Å². The molecule has 0 atom stereocenters. The number of benzene rings is 1. The van der Waals surface area contributed by atoms with Gasteiger partial charge in [-0.3, -0.25) is 0 Å². The number of rotatable bonds is 3. The third-order valence-corrected chi connectivity index (χ3v) is 3.56. The molecule has 0 saturated heterocycles. The lowest BCUT2D eigenvalue weighted by atomic mass is 10.0. The Labute approximate surface area is 115 Å². The lowest BCUT2D eigenvalue weighted by Crippen LogP contribution is -1.88. The summed E-state index contributed by atoms with van der Waals surface area (Å²) in [6, 6.07) is 10.4. The van der Waals surface area contributed by atoms with Crippen LogP contribution in [0.3, 0.4) is 0 Å². The Balaban J connectivity index is 2.49. The van der Waals surface area contributed by atoms with Gasteiger partial charge in [0, 0.05) is 16.2 Å². The summed E-state index contributed by atoms with van der Waals surface area (Å²) >= 11 is 9.68. The van der Waals surface area contributed by atoms with E-state index in [9.17, 15) is 0 Å². The van der Waals surface area contributed by atoms with E-state index in [-0.39, 0.29) is 0 Å². The van der Waals surface area contributed by atoms with Gasteiger partial charge in [-0.15, -0.1) is 0 Å². The van der Waals surface area contributed by atoms with Crippen molar-refractivity contribution in [1.82, 2.24) is 4.98 Å². The Hall–Kier alpha value is -0.860. The minimum absolute atomic E-state index is 0.535. The average Bonchev–Trinajstić information content (AvgIpc) is 2.30. The number of nitrogens with zero attached hydrogens (tertiary/aromatic N) is 1. The lowest BCUT2D eigenvalue weighted by Gasteiger charge is -2.08. The molecule has 0 aliphatic heterocycles. The zero-order valence-electron chi connectivity index (χ0n) is 9.58. The highest BCUT2D eigenvalue weighted by Crippen LogP contribution is 2.33. The van der Waals surface area contributed by atoms with E-state index in [1.165, 1.54) is 5.56 Å². The van der Waals surface area contributed by atoms with Gasteiger partial charge in [0.25, 0.3) is 0 Å². The quantitative estimate of drug-likeness (QED) is 0.717. The van der Waals surface area contributed by atoms with Crippen LogP contribution in [0, 0.1) is 0 Å². The molecule has 1 nitrogen and oxygen atoms in total. The van der Waals surface area contributed by atoms with Crippen molar-refractivity contribution in [1.29, 1.82) is 0 Å². The first-order valence-corrected chi connectivity index (χ1v) is 6.78. The van der Waals surface area contributed by atoms with Crippen molar-refractivity contribution in [3.8, 4) is 11.1 Å². The van der Waals surface area contributed by atoms with Crippen LogP contribution in [-0.4, -0.2) is 4.98 Å². The maximum atomic E-state index is 6.15. The summed E-state index contributed by atoms with van der Waals surface area (Å²) in [5, 5.41) is 0.535. The normalized spacial score (nSPS) is 10.5. The Bertz CT molecular complexity index is 505. The number of hydrogen-bond donors (Lipinski definition) is 0. The summed E-state index contributed by atoms with van der Waals surface area (Å²) in [4.78, 5) is 4.13. The molecule has 0 amide bonds. The van der Waals surface area contributed by atoms with Gasteiger partial charge in [-0.25, -0.2) is 4.98 Å². The van der Waals surface area contributed by atoms with Crippen molar-refractivity contribution >= 4 is 27.5 Å². The molecule has 0 spiro atoms. The number of pyridine rings is 1. The molecule has 0 saturated carbocycles. The minimum Gasteiger partial charge on any atom is -0.244 e. The summed E-state index contributed by atoms with van der Waals surface area (Å²) in [6.45, 7) is 2.18. The Morgan fingerprint density at radius 2 is 2.12 bits per heavy atom. The van der Waals surface area contributed by atoms with Gasteiger partial charge < -0.3 is 0 Å². The van der Waals surface area contributed by atoms with E-state index in [1.807, 2.05) is 6.07 Å². The van der Waals surface area contributed by atoms with Crippen LogP contribution in [-0.2, 0) is 6.42 Å². The standard InChI is InChI=1S/C14H13BrClN/c1-2-4-10-5-3-6-11(9-10)13-12(15)7-8-17-14(13)16/h3,5-9H,2,4H2,1H3. The average molecular weight is 311 g/mol. The molecular formula is C14H13BrClN. The van der Waals surface area contributed by atoms with Crippen LogP contribution in [0.5, 0.6) is 0 Å². The van der Waals surface area contributed by atoms with E-state index in [0.29, 0.717) is 5.15 Å². The maximum absolute atomic E-state index is 6.15. The van der Waals surface area contributed by atoms with E-state index in [0.717, 1.165) is 28.4 Å². The molecule has 0 unspecified atom stereocenters. The van der Waals surface area contributed by atoms with Crippen LogP contribution in [0.4, 0.5) is 0 Å². The van der Waals surface area contributed by atoms with Crippen molar-refractivity contribution in [2.24, 2.45) is 0 Å². The first kappa shape index (κ1) is 12.6. The van der Waals surface area contributed by atoms with Gasteiger partial charge in [-0.1, -0.05) is 49.2 Å². The smallest absolute Gasteiger partial charge is 0.137 e. The molecule has 88 valence electrons. The minimum atomic E-state index is 0.535. The van der Waals surface area contributed by atoms with Crippen LogP contribution in [0.1, 0.15) is 18.9 Å². The SMILES string of the molecule is CCCc1cccc(-c2c(Br)ccnc2Cl)c1. The van der Waals surface area contributed by atoms with Gasteiger partial charge in [-0.05, 0) is 39.5 Å². The van der Waals surface area contributed by atoms with E-state index >= 15 is 0 Å². The Morgan fingerprint density at radius 1 is 1.29 bits per heavy atom. The van der Waals surface area contributed by atoms with Crippen LogP contribution >= 0.6 is 27.5 Å². The molecule has 0 aliphatic carbocycles. The molecule has 3 heteroatoms. The first-order valence-electron chi connectivity index (χ1n) is 5.61. The van der Waals surface area contributed by atoms with Crippen LogP contribution < -0.4 is 0 Å². The number of halogens is 2. The molecule has 0 bridgehead atoms. The molecule has 2 aromatic rings. The molecule has 1 heterocycles. The van der Waals surface area contributed by atoms with Crippen molar-refractivity contribution in [3.63, 3.8) is 0 Å². The predicted octanol–water partition coefficient (Wildman–Crippen LogP) is 5.12. The predicted molar refractivity (Wildman–Crippen MR) is 76.4 cm³/mol. The van der Waals surface area contributed by atoms with E-state index in [1.54, 1.807) is 6.20 Å². The second-order valence-corrected chi connectivity index (χ2v) is 5.12. The Kier molecular flexibility index (Phi) is 4.19. The second-order valence-electron chi connectivity index (χ2n) is 3.91. The maximum Gasteiger partial charge on any atom is 0.137 e. The van der Waals surface area contributed by atoms with E-state index < -0.39 is 0 Å². The second kappa shape index (κ2) is 5.65. The topological polar surface area (TPSA) is 12.9 Å². The van der Waals surface area contributed by atoms with E-state index in [4.69, 9.17) is 11.6 Å². The summed E-state index contributed by atoms with van der Waals surface area (Å²) in [5.74, 6) is 0. The molecule has 0 N–H and O–H groups in total. The fourth-order valence-electron chi connectivity index (χ4n) is 1.84. The molecular weight excluding hydrogens is 298 g/mol. The highest BCUT2D eigenvalue weighted by atomic mass is 79.9. The molecule has 1 aromatic carbocycles. The number of hydrogen-bond acceptors (Lipinski definition) is 1. The lowest BCUT2D eigenvalue weighted by molar-refractivity contribution is 0.922. The molecule has 0 fully saturated rings. The van der Waals surface area contributed by atoms with Gasteiger partial charge >= 0.3 is 0 Å². The highest BCUT2D eigenvalue weighted by molar-refractivity contribution is 9.10. The zero-order valence-corrected chi connectivity index (χ0v) is 11.9. The third-order valence-electron chi connectivity index (χ3n) is 2.61. The van der Waals surface area contributed by atoms with E-state index in [2.05, 4.69) is 52.1 Å². The first-order chi connectivity index (χ1) is 8.22. The zero-order chi connectivity index (χ0) is 12.3. The van der Waals surface area contributed by atoms with Crippen molar-refractivity contribution in [2.45, 2.75) is 19.8 Å². The largest absolute Gasteiger partial charge is 0.244 e. The van der Waals surface area contributed by atoms with Crippen molar-refractivity contribution in [3.05, 3.63) is 51.7 Å². The van der Waals surface area contributed by atoms with Gasteiger partial charge in [0.15, 0.2) is 0 Å². The molecule has 17 heavy (non-hydrogen) atoms.